The summed E-state index contributed by atoms with van der Waals surface area (Å²) in [5.41, 5.74) is 5.26. The number of nitrogens with zero attached hydrogens (tertiary/aromatic N) is 3. The normalized spacial score (nSPS) is 19.6. The number of rotatable bonds is 4. The molecule has 0 aromatic heterocycles. The lowest BCUT2D eigenvalue weighted by Crippen LogP contribution is -2.03. The van der Waals surface area contributed by atoms with Crippen LogP contribution in [0.1, 0.15) is 27.2 Å². The summed E-state index contributed by atoms with van der Waals surface area (Å²) >= 11 is 0. The van der Waals surface area contributed by atoms with Crippen LogP contribution in [0.4, 0.5) is 17.1 Å². The molecule has 8 nitrogen and oxygen atoms in total. The molecule has 2 rings (SSSR count). The second-order valence-corrected chi connectivity index (χ2v) is 5.30. The van der Waals surface area contributed by atoms with Gasteiger partial charge in [0.2, 0.25) is 0 Å². The van der Waals surface area contributed by atoms with Gasteiger partial charge in [0.05, 0.1) is 21.6 Å². The fraction of sp³-hybridized carbons (Fsp3) is 0.357. The van der Waals surface area contributed by atoms with Crippen molar-refractivity contribution in [1.82, 2.24) is 0 Å². The molecule has 0 bridgehead atoms. The van der Waals surface area contributed by atoms with Crippen molar-refractivity contribution < 1.29 is 9.85 Å². The summed E-state index contributed by atoms with van der Waals surface area (Å²) in [7, 11) is 0. The van der Waals surface area contributed by atoms with Crippen molar-refractivity contribution in [1.29, 1.82) is 0 Å². The zero-order valence-electron chi connectivity index (χ0n) is 12.5. The number of hydrazone groups is 1. The van der Waals surface area contributed by atoms with E-state index in [2.05, 4.69) is 17.5 Å². The molecule has 8 heteroatoms. The van der Waals surface area contributed by atoms with Crippen LogP contribution in [-0.4, -0.2) is 15.6 Å². The molecular formula is C14H16N4O4. The van der Waals surface area contributed by atoms with E-state index < -0.39 is 9.85 Å². The molecule has 0 fully saturated rings. The second-order valence-electron chi connectivity index (χ2n) is 5.30. The number of anilines is 1. The first-order chi connectivity index (χ1) is 10.3. The van der Waals surface area contributed by atoms with Gasteiger partial charge in [0.25, 0.3) is 5.69 Å². The maximum Gasteiger partial charge on any atom is 0.301 e. The topological polar surface area (TPSA) is 111 Å². The predicted molar refractivity (Wildman–Crippen MR) is 83.0 cm³/mol. The lowest BCUT2D eigenvalue weighted by Gasteiger charge is -2.04. The number of non-ortho nitro benzene ring substituents is 1. The minimum atomic E-state index is -0.669. The summed E-state index contributed by atoms with van der Waals surface area (Å²) in [6.07, 6.45) is 0.769. The molecule has 0 amide bonds. The maximum absolute atomic E-state index is 11.0. The van der Waals surface area contributed by atoms with Crippen molar-refractivity contribution in [3.63, 3.8) is 0 Å². The number of allylic oxidation sites excluding steroid dienone is 2. The molecule has 0 saturated carbocycles. The number of hydrogen-bond donors (Lipinski definition) is 1. The molecule has 22 heavy (non-hydrogen) atoms. The van der Waals surface area contributed by atoms with Crippen LogP contribution in [0.5, 0.6) is 0 Å². The largest absolute Gasteiger partial charge is 0.301 e. The van der Waals surface area contributed by atoms with Gasteiger partial charge in [-0.3, -0.25) is 25.7 Å². The Morgan fingerprint density at radius 2 is 1.91 bits per heavy atom. The summed E-state index contributed by atoms with van der Waals surface area (Å²) in [5, 5.41) is 26.0. The zero-order valence-corrected chi connectivity index (χ0v) is 12.5. The van der Waals surface area contributed by atoms with Crippen molar-refractivity contribution >= 4 is 22.8 Å². The van der Waals surface area contributed by atoms with Crippen molar-refractivity contribution in [2.24, 2.45) is 11.0 Å². The van der Waals surface area contributed by atoms with E-state index in [9.17, 15) is 20.2 Å². The third-order valence-electron chi connectivity index (χ3n) is 3.96. The summed E-state index contributed by atoms with van der Waals surface area (Å²) < 4.78 is 0. The first kappa shape index (κ1) is 15.6. The van der Waals surface area contributed by atoms with Crippen LogP contribution in [0.15, 0.2) is 34.4 Å². The van der Waals surface area contributed by atoms with Crippen molar-refractivity contribution in [3.8, 4) is 0 Å². The summed E-state index contributed by atoms with van der Waals surface area (Å²) in [6, 6.07) is 3.43. The van der Waals surface area contributed by atoms with Crippen LogP contribution in [0.25, 0.3) is 0 Å². The highest BCUT2D eigenvalue weighted by Gasteiger charge is 2.23. The molecule has 1 aromatic rings. The molecule has 1 unspecified atom stereocenters. The Kier molecular flexibility index (Phi) is 4.20. The van der Waals surface area contributed by atoms with E-state index in [4.69, 9.17) is 0 Å². The van der Waals surface area contributed by atoms with Crippen LogP contribution in [0.3, 0.4) is 0 Å². The second kappa shape index (κ2) is 5.92. The fourth-order valence-electron chi connectivity index (χ4n) is 2.33. The van der Waals surface area contributed by atoms with Gasteiger partial charge in [0.1, 0.15) is 5.69 Å². The molecule has 0 spiro atoms. The minimum absolute atomic E-state index is 0.133. The zero-order chi connectivity index (χ0) is 16.4. The first-order valence-corrected chi connectivity index (χ1v) is 6.74. The minimum Gasteiger partial charge on any atom is -0.271 e. The molecule has 1 aromatic carbocycles. The monoisotopic (exact) mass is 304 g/mol. The summed E-state index contributed by atoms with van der Waals surface area (Å²) in [4.78, 5) is 20.4. The van der Waals surface area contributed by atoms with Crippen molar-refractivity contribution in [2.45, 2.75) is 27.2 Å². The van der Waals surface area contributed by atoms with Gasteiger partial charge in [0.15, 0.2) is 0 Å². The predicted octanol–water partition coefficient (Wildman–Crippen LogP) is 3.65. The molecule has 0 saturated heterocycles. The average molecular weight is 304 g/mol. The lowest BCUT2D eigenvalue weighted by atomic mass is 10.1. The van der Waals surface area contributed by atoms with Crippen LogP contribution in [0, 0.1) is 26.1 Å². The van der Waals surface area contributed by atoms with Gasteiger partial charge >= 0.3 is 5.69 Å². The molecule has 0 heterocycles. The van der Waals surface area contributed by atoms with Gasteiger partial charge in [-0.1, -0.05) is 12.5 Å². The quantitative estimate of drug-likeness (QED) is 0.674. The Morgan fingerprint density at radius 3 is 2.41 bits per heavy atom. The Bertz CT molecular complexity index is 709. The Hall–Kier alpha value is -2.77. The summed E-state index contributed by atoms with van der Waals surface area (Å²) in [5.74, 6) is 0.396. The van der Waals surface area contributed by atoms with Crippen LogP contribution in [0.2, 0.25) is 0 Å². The molecule has 116 valence electrons. The third kappa shape index (κ3) is 2.95. The Labute approximate surface area is 126 Å². The molecule has 1 atom stereocenters. The Morgan fingerprint density at radius 1 is 1.23 bits per heavy atom. The van der Waals surface area contributed by atoms with Gasteiger partial charge in [-0.25, -0.2) is 0 Å². The smallest absolute Gasteiger partial charge is 0.271 e. The van der Waals surface area contributed by atoms with Gasteiger partial charge < -0.3 is 0 Å². The van der Waals surface area contributed by atoms with Gasteiger partial charge in [-0.15, -0.1) is 0 Å². The molecule has 1 aliphatic rings. The number of nitrogens with one attached hydrogen (secondary N) is 1. The molecule has 0 radical (unpaired) electrons. The molecule has 0 aliphatic heterocycles. The number of nitro benzene ring substituents is 2. The first-order valence-electron chi connectivity index (χ1n) is 6.74. The van der Waals surface area contributed by atoms with Crippen LogP contribution < -0.4 is 5.43 Å². The van der Waals surface area contributed by atoms with E-state index in [1.165, 1.54) is 17.7 Å². The van der Waals surface area contributed by atoms with E-state index in [-0.39, 0.29) is 17.1 Å². The molecule has 1 N–H and O–H groups in total. The fourth-order valence-corrected chi connectivity index (χ4v) is 2.33. The third-order valence-corrected chi connectivity index (χ3v) is 3.96. The summed E-state index contributed by atoms with van der Waals surface area (Å²) in [6.45, 7) is 6.09. The SMILES string of the molecule is CC1=C(C)C(C)C/C1=N\Nc1ccc([N+](=O)[O-])cc1[N+](=O)[O-]. The van der Waals surface area contributed by atoms with Crippen molar-refractivity contribution in [2.75, 3.05) is 5.43 Å². The maximum atomic E-state index is 11.0. The lowest BCUT2D eigenvalue weighted by molar-refractivity contribution is -0.393. The van der Waals surface area contributed by atoms with Crippen LogP contribution in [-0.2, 0) is 0 Å². The van der Waals surface area contributed by atoms with E-state index in [1.54, 1.807) is 0 Å². The highest BCUT2D eigenvalue weighted by atomic mass is 16.6. The van der Waals surface area contributed by atoms with Crippen LogP contribution >= 0.6 is 0 Å². The molecule has 1 aliphatic carbocycles. The highest BCUT2D eigenvalue weighted by Crippen LogP contribution is 2.31. The van der Waals surface area contributed by atoms with E-state index in [0.29, 0.717) is 5.92 Å². The van der Waals surface area contributed by atoms with E-state index in [1.807, 2.05) is 13.8 Å². The van der Waals surface area contributed by atoms with E-state index in [0.717, 1.165) is 23.8 Å². The van der Waals surface area contributed by atoms with Gasteiger partial charge in [0, 0.05) is 6.07 Å². The van der Waals surface area contributed by atoms with Crippen molar-refractivity contribution in [3.05, 3.63) is 49.6 Å². The van der Waals surface area contributed by atoms with Gasteiger partial charge in [-0.05, 0) is 37.8 Å². The standard InChI is InChI=1S/C14H16N4O4/c1-8-6-13(10(3)9(8)2)16-15-12-5-4-11(17(19)20)7-14(12)18(21)22/h4-5,7-8,15H,6H2,1-3H3/b16-13+. The number of hydrogen-bond acceptors (Lipinski definition) is 6. The molecular weight excluding hydrogens is 288 g/mol. The Balaban J connectivity index is 2.31. The highest BCUT2D eigenvalue weighted by molar-refractivity contribution is 6.03. The number of benzene rings is 1. The number of nitro groups is 2. The average Bonchev–Trinajstić information content (AvgIpc) is 2.72. The van der Waals surface area contributed by atoms with E-state index >= 15 is 0 Å². The van der Waals surface area contributed by atoms with Gasteiger partial charge in [-0.2, -0.15) is 5.10 Å².